The van der Waals surface area contributed by atoms with Crippen LogP contribution in [0, 0.1) is 11.8 Å². The predicted octanol–water partition coefficient (Wildman–Crippen LogP) is 5.36. The summed E-state index contributed by atoms with van der Waals surface area (Å²) in [4.78, 5) is 52.3. The van der Waals surface area contributed by atoms with Gasteiger partial charge in [0.2, 0.25) is 11.8 Å². The van der Waals surface area contributed by atoms with Crippen LogP contribution in [0.25, 0.3) is 33.2 Å². The van der Waals surface area contributed by atoms with E-state index >= 15 is 0 Å². The summed E-state index contributed by atoms with van der Waals surface area (Å²) in [6.45, 7) is 0.633. The second-order valence-corrected chi connectivity index (χ2v) is 12.9. The van der Waals surface area contributed by atoms with E-state index in [4.69, 9.17) is 22.3 Å². The van der Waals surface area contributed by atoms with E-state index in [0.717, 1.165) is 59.2 Å². The molecule has 7 rings (SSSR count). The monoisotopic (exact) mass is 625 g/mol. The van der Waals surface area contributed by atoms with Crippen LogP contribution in [0.1, 0.15) is 55.8 Å². The number of nitrogens with zero attached hydrogens (tertiary/aromatic N) is 1. The standard InChI is InChI=1S/C34H36ClN7O3/c35-25-16-29-28(38-31(39-29)21-9-10-21)15-24(25)20-5-1-18(2-6-20)13-30(40-32(43)22-7-3-19(17-36)4-8-22)33(44)37-23-11-12-26-27(14-23)42-34(45)41-26/h1-2,5-6,11-12,14-16,19,21-22,30H,3-4,7-10,13,17,36H2,(H,37,44)(H,38,39)(H,40,43)(H2,41,42,45). The molecule has 0 bridgehead atoms. The Hall–Kier alpha value is -4.41. The van der Waals surface area contributed by atoms with Gasteiger partial charge >= 0.3 is 5.69 Å². The molecule has 1 unspecified atom stereocenters. The van der Waals surface area contributed by atoms with Gasteiger partial charge in [-0.15, -0.1) is 0 Å². The number of anilines is 1. The summed E-state index contributed by atoms with van der Waals surface area (Å²) in [6.07, 6.45) is 5.98. The number of carbonyl (C=O) groups excluding carboxylic acids is 2. The smallest absolute Gasteiger partial charge is 0.323 e. The number of benzene rings is 3. The Morgan fingerprint density at radius 2 is 1.67 bits per heavy atom. The van der Waals surface area contributed by atoms with Crippen LogP contribution in [0.3, 0.4) is 0 Å². The van der Waals surface area contributed by atoms with E-state index in [1.54, 1.807) is 18.2 Å². The number of aromatic nitrogens is 4. The number of nitrogens with one attached hydrogen (secondary N) is 5. The summed E-state index contributed by atoms with van der Waals surface area (Å²) >= 11 is 6.70. The van der Waals surface area contributed by atoms with Gasteiger partial charge in [-0.1, -0.05) is 35.9 Å². The third-order valence-electron chi connectivity index (χ3n) is 9.23. The number of hydrogen-bond acceptors (Lipinski definition) is 5. The minimum Gasteiger partial charge on any atom is -0.344 e. The normalized spacial score (nSPS) is 19.1. The highest BCUT2D eigenvalue weighted by Crippen LogP contribution is 2.40. The number of fused-ring (bicyclic) bond motifs is 2. The Morgan fingerprint density at radius 3 is 2.40 bits per heavy atom. The largest absolute Gasteiger partial charge is 0.344 e. The van der Waals surface area contributed by atoms with Gasteiger partial charge < -0.3 is 31.3 Å². The van der Waals surface area contributed by atoms with Gasteiger partial charge in [0.15, 0.2) is 0 Å². The highest BCUT2D eigenvalue weighted by Gasteiger charge is 2.30. The van der Waals surface area contributed by atoms with Gasteiger partial charge in [0, 0.05) is 29.5 Å². The number of aromatic amines is 3. The van der Waals surface area contributed by atoms with E-state index in [-0.39, 0.29) is 23.4 Å². The maximum absolute atomic E-state index is 13.6. The number of amides is 2. The van der Waals surface area contributed by atoms with Crippen LogP contribution in [0.5, 0.6) is 0 Å². The van der Waals surface area contributed by atoms with Crippen LogP contribution in [0.2, 0.25) is 5.02 Å². The SMILES string of the molecule is NCC1CCC(C(=O)NC(Cc2ccc(-c3cc4nc(C5CC5)[nH]c4cc3Cl)cc2)C(=O)Nc2ccc3[nH]c(=O)[nH]c3c2)CC1. The fraction of sp³-hybridized carbons (Fsp3) is 0.353. The molecule has 0 spiro atoms. The molecule has 2 saturated carbocycles. The van der Waals surface area contributed by atoms with Crippen LogP contribution in [0.4, 0.5) is 5.69 Å². The van der Waals surface area contributed by atoms with Crippen molar-refractivity contribution in [2.75, 3.05) is 11.9 Å². The molecule has 3 aromatic carbocycles. The number of rotatable bonds is 9. The van der Waals surface area contributed by atoms with E-state index < -0.39 is 6.04 Å². The average Bonchev–Trinajstić information content (AvgIpc) is 3.71. The summed E-state index contributed by atoms with van der Waals surface area (Å²) < 4.78 is 0. The molecule has 0 saturated heterocycles. The van der Waals surface area contributed by atoms with Crippen molar-refractivity contribution in [3.63, 3.8) is 0 Å². The third kappa shape index (κ3) is 6.39. The Bertz CT molecular complexity index is 1930. The Morgan fingerprint density at radius 1 is 0.911 bits per heavy atom. The highest BCUT2D eigenvalue weighted by molar-refractivity contribution is 6.34. The zero-order chi connectivity index (χ0) is 31.1. The van der Waals surface area contributed by atoms with Crippen LogP contribution in [0.15, 0.2) is 59.4 Å². The lowest BCUT2D eigenvalue weighted by atomic mass is 9.81. The molecular weight excluding hydrogens is 590 g/mol. The molecule has 5 aromatic rings. The fourth-order valence-corrected chi connectivity index (χ4v) is 6.65. The number of nitrogens with two attached hydrogens (primary N) is 1. The van der Waals surface area contributed by atoms with Crippen molar-refractivity contribution in [3.05, 3.63) is 81.5 Å². The van der Waals surface area contributed by atoms with Crippen molar-refractivity contribution in [3.8, 4) is 11.1 Å². The molecule has 45 heavy (non-hydrogen) atoms. The lowest BCUT2D eigenvalue weighted by Crippen LogP contribution is -2.48. The molecule has 0 radical (unpaired) electrons. The van der Waals surface area contributed by atoms with E-state index in [0.29, 0.717) is 46.5 Å². The molecule has 11 heteroatoms. The van der Waals surface area contributed by atoms with E-state index in [1.807, 2.05) is 36.4 Å². The maximum atomic E-state index is 13.6. The van der Waals surface area contributed by atoms with Crippen LogP contribution in [-0.4, -0.2) is 44.3 Å². The van der Waals surface area contributed by atoms with Gasteiger partial charge in [0.1, 0.15) is 11.9 Å². The number of H-pyrrole nitrogens is 3. The number of halogens is 1. The molecule has 7 N–H and O–H groups in total. The van der Waals surface area contributed by atoms with Gasteiger partial charge in [-0.25, -0.2) is 9.78 Å². The predicted molar refractivity (Wildman–Crippen MR) is 176 cm³/mol. The minimum absolute atomic E-state index is 0.114. The maximum Gasteiger partial charge on any atom is 0.323 e. The lowest BCUT2D eigenvalue weighted by Gasteiger charge is -2.28. The van der Waals surface area contributed by atoms with Crippen molar-refractivity contribution >= 4 is 51.2 Å². The molecule has 2 fully saturated rings. The van der Waals surface area contributed by atoms with Gasteiger partial charge in [-0.05, 0) is 92.4 Å². The van der Waals surface area contributed by atoms with Crippen LogP contribution >= 0.6 is 11.6 Å². The number of hydrogen-bond donors (Lipinski definition) is 6. The first-order valence-corrected chi connectivity index (χ1v) is 16.0. The van der Waals surface area contributed by atoms with Crippen LogP contribution < -0.4 is 22.1 Å². The molecule has 0 aliphatic heterocycles. The number of imidazole rings is 2. The first kappa shape index (κ1) is 29.3. The second-order valence-electron chi connectivity index (χ2n) is 12.5. The van der Waals surface area contributed by atoms with Crippen molar-refractivity contribution in [2.24, 2.45) is 17.6 Å². The zero-order valence-electron chi connectivity index (χ0n) is 24.8. The molecule has 10 nitrogen and oxygen atoms in total. The Balaban J connectivity index is 1.10. The molecular formula is C34H36ClN7O3. The molecule has 2 aliphatic rings. The van der Waals surface area contributed by atoms with Gasteiger partial charge in [-0.3, -0.25) is 9.59 Å². The summed E-state index contributed by atoms with van der Waals surface area (Å²) in [7, 11) is 0. The minimum atomic E-state index is -0.804. The zero-order valence-corrected chi connectivity index (χ0v) is 25.5. The summed E-state index contributed by atoms with van der Waals surface area (Å²) in [6, 6.07) is 16.2. The first-order chi connectivity index (χ1) is 21.8. The topological polar surface area (TPSA) is 162 Å². The van der Waals surface area contributed by atoms with Crippen LogP contribution in [-0.2, 0) is 16.0 Å². The average molecular weight is 626 g/mol. The van der Waals surface area contributed by atoms with Gasteiger partial charge in [0.05, 0.1) is 27.1 Å². The quantitative estimate of drug-likeness (QED) is 0.130. The molecule has 2 amide bonds. The molecule has 1 atom stereocenters. The van der Waals surface area contributed by atoms with Crippen molar-refractivity contribution < 1.29 is 9.59 Å². The number of carbonyl (C=O) groups is 2. The second kappa shape index (κ2) is 12.2. The lowest BCUT2D eigenvalue weighted by molar-refractivity contribution is -0.130. The highest BCUT2D eigenvalue weighted by atomic mass is 35.5. The molecule has 2 aromatic heterocycles. The first-order valence-electron chi connectivity index (χ1n) is 15.6. The van der Waals surface area contributed by atoms with E-state index in [2.05, 4.69) is 25.6 Å². The fourth-order valence-electron chi connectivity index (χ4n) is 6.38. The summed E-state index contributed by atoms with van der Waals surface area (Å²) in [5.74, 6) is 1.39. The molecule has 2 aliphatic carbocycles. The molecule has 232 valence electrons. The van der Waals surface area contributed by atoms with E-state index in [1.165, 1.54) is 12.8 Å². The Labute approximate surface area is 264 Å². The van der Waals surface area contributed by atoms with Gasteiger partial charge in [0.25, 0.3) is 0 Å². The third-order valence-corrected chi connectivity index (χ3v) is 9.54. The van der Waals surface area contributed by atoms with Gasteiger partial charge in [-0.2, -0.15) is 0 Å². The Kier molecular flexibility index (Phi) is 7.93. The van der Waals surface area contributed by atoms with Crippen molar-refractivity contribution in [1.82, 2.24) is 25.3 Å². The van der Waals surface area contributed by atoms with Crippen molar-refractivity contribution in [1.29, 1.82) is 0 Å². The van der Waals surface area contributed by atoms with Crippen molar-refractivity contribution in [2.45, 2.75) is 56.9 Å². The molecule has 2 heterocycles. The van der Waals surface area contributed by atoms with E-state index in [9.17, 15) is 14.4 Å². The summed E-state index contributed by atoms with van der Waals surface area (Å²) in [5, 5.41) is 6.61. The summed E-state index contributed by atoms with van der Waals surface area (Å²) in [5.41, 5.74) is 11.8.